The molecule has 1 saturated carbocycles. The number of benzene rings is 1. The van der Waals surface area contributed by atoms with Gasteiger partial charge in [0.25, 0.3) is 0 Å². The van der Waals surface area contributed by atoms with Crippen LogP contribution in [0.5, 0.6) is 0 Å². The van der Waals surface area contributed by atoms with Crippen LogP contribution in [-0.2, 0) is 9.53 Å². The highest BCUT2D eigenvalue weighted by Gasteiger charge is 2.43. The molecule has 1 aliphatic heterocycles. The van der Waals surface area contributed by atoms with Crippen molar-refractivity contribution in [1.29, 1.82) is 5.26 Å². The Labute approximate surface area is 158 Å². The van der Waals surface area contributed by atoms with Crippen LogP contribution in [0.4, 0.5) is 20.7 Å². The van der Waals surface area contributed by atoms with Crippen LogP contribution in [-0.4, -0.2) is 29.6 Å². The fraction of sp³-hybridized carbons (Fsp3) is 0.333. The first-order chi connectivity index (χ1) is 12.9. The maximum absolute atomic E-state index is 14.7. The van der Waals surface area contributed by atoms with Gasteiger partial charge < -0.3 is 10.1 Å². The van der Waals surface area contributed by atoms with Crippen molar-refractivity contribution in [3.05, 3.63) is 29.2 Å². The lowest BCUT2D eigenvalue weighted by Gasteiger charge is -2.20. The first-order valence-corrected chi connectivity index (χ1v) is 8.72. The van der Waals surface area contributed by atoms with Gasteiger partial charge in [0.15, 0.2) is 5.82 Å². The molecule has 7 nitrogen and oxygen atoms in total. The second-order valence-electron chi connectivity index (χ2n) is 6.68. The van der Waals surface area contributed by atoms with Gasteiger partial charge in [-0.3, -0.25) is 9.69 Å². The normalized spacial score (nSPS) is 23.9. The number of cyclic esters (lactones) is 1. The van der Waals surface area contributed by atoms with Gasteiger partial charge >= 0.3 is 6.09 Å². The minimum absolute atomic E-state index is 0.0118. The summed E-state index contributed by atoms with van der Waals surface area (Å²) in [6.45, 7) is 1.90. The van der Waals surface area contributed by atoms with Gasteiger partial charge in [-0.05, 0) is 30.9 Å². The molecule has 27 heavy (non-hydrogen) atoms. The fourth-order valence-electron chi connectivity index (χ4n) is 3.16. The van der Waals surface area contributed by atoms with Gasteiger partial charge in [0, 0.05) is 11.6 Å². The summed E-state index contributed by atoms with van der Waals surface area (Å²) in [5.41, 5.74) is 0.0118. The molecule has 2 heterocycles. The van der Waals surface area contributed by atoms with Crippen molar-refractivity contribution in [3.63, 3.8) is 0 Å². The zero-order valence-electron chi connectivity index (χ0n) is 14.2. The van der Waals surface area contributed by atoms with E-state index < -0.39 is 11.9 Å². The van der Waals surface area contributed by atoms with Crippen molar-refractivity contribution < 1.29 is 18.7 Å². The third-order valence-corrected chi connectivity index (χ3v) is 5.14. The van der Waals surface area contributed by atoms with E-state index in [1.807, 2.05) is 0 Å². The van der Waals surface area contributed by atoms with Crippen LogP contribution in [0.1, 0.15) is 13.3 Å². The Balaban J connectivity index is 1.70. The summed E-state index contributed by atoms with van der Waals surface area (Å²) < 4.78 is 19.7. The van der Waals surface area contributed by atoms with Gasteiger partial charge in [0.05, 0.1) is 34.7 Å². The summed E-state index contributed by atoms with van der Waals surface area (Å²) in [4.78, 5) is 29.3. The Hall–Kier alpha value is -2.92. The number of fused-ring (bicyclic) bond motifs is 1. The molecule has 0 bridgehead atoms. The molecule has 138 valence electrons. The maximum Gasteiger partial charge on any atom is 0.414 e. The molecule has 2 amide bonds. The van der Waals surface area contributed by atoms with Gasteiger partial charge in [0.1, 0.15) is 12.4 Å². The molecule has 1 aromatic carbocycles. The van der Waals surface area contributed by atoms with Crippen LogP contribution in [0.3, 0.4) is 0 Å². The number of pyridine rings is 1. The van der Waals surface area contributed by atoms with Crippen LogP contribution in [0.2, 0.25) is 5.02 Å². The molecule has 2 fully saturated rings. The van der Waals surface area contributed by atoms with Gasteiger partial charge in [0.2, 0.25) is 5.91 Å². The smallest absolute Gasteiger partial charge is 0.414 e. The van der Waals surface area contributed by atoms with E-state index in [0.717, 1.165) is 0 Å². The Morgan fingerprint density at radius 2 is 2.30 bits per heavy atom. The van der Waals surface area contributed by atoms with Crippen LogP contribution < -0.4 is 10.2 Å². The van der Waals surface area contributed by atoms with E-state index >= 15 is 0 Å². The number of hydrogen-bond donors (Lipinski definition) is 1. The minimum atomic E-state index is -0.733. The van der Waals surface area contributed by atoms with Crippen LogP contribution in [0.25, 0.3) is 10.8 Å². The van der Waals surface area contributed by atoms with Crippen LogP contribution in [0, 0.1) is 29.0 Å². The Morgan fingerprint density at radius 1 is 1.52 bits per heavy atom. The van der Waals surface area contributed by atoms with Crippen molar-refractivity contribution in [2.75, 3.05) is 16.8 Å². The molecule has 1 saturated heterocycles. The largest absolute Gasteiger partial charge is 0.447 e. The van der Waals surface area contributed by atoms with E-state index in [1.54, 1.807) is 13.0 Å². The third-order valence-electron chi connectivity index (χ3n) is 4.77. The van der Waals surface area contributed by atoms with E-state index in [0.29, 0.717) is 17.2 Å². The molecule has 2 aliphatic rings. The predicted octanol–water partition coefficient (Wildman–Crippen LogP) is 3.47. The third kappa shape index (κ3) is 2.94. The number of ether oxygens (including phenoxy) is 1. The molecule has 2 unspecified atom stereocenters. The van der Waals surface area contributed by atoms with E-state index in [2.05, 4.69) is 16.4 Å². The Morgan fingerprint density at radius 3 is 2.93 bits per heavy atom. The zero-order chi connectivity index (χ0) is 19.3. The first kappa shape index (κ1) is 17.5. The quantitative estimate of drug-likeness (QED) is 0.868. The van der Waals surface area contributed by atoms with Crippen molar-refractivity contribution in [1.82, 2.24) is 4.98 Å². The van der Waals surface area contributed by atoms with Crippen molar-refractivity contribution in [2.24, 2.45) is 11.8 Å². The highest BCUT2D eigenvalue weighted by molar-refractivity contribution is 6.36. The van der Waals surface area contributed by atoms with Gasteiger partial charge in [-0.15, -0.1) is 0 Å². The molecular formula is C18H14ClFN4O3. The van der Waals surface area contributed by atoms with E-state index in [-0.39, 0.29) is 46.9 Å². The molecule has 1 N–H and O–H groups in total. The number of carbonyl (C=O) groups is 2. The molecular weight excluding hydrogens is 375 g/mol. The molecule has 3 atom stereocenters. The average molecular weight is 389 g/mol. The summed E-state index contributed by atoms with van der Waals surface area (Å²) in [5, 5.41) is 12.2. The number of nitrogens with one attached hydrogen (secondary N) is 1. The fourth-order valence-corrected chi connectivity index (χ4v) is 3.41. The minimum Gasteiger partial charge on any atom is -0.447 e. The second-order valence-corrected chi connectivity index (χ2v) is 7.06. The highest BCUT2D eigenvalue weighted by atomic mass is 35.5. The maximum atomic E-state index is 14.7. The van der Waals surface area contributed by atoms with E-state index in [9.17, 15) is 14.0 Å². The molecule has 1 aliphatic carbocycles. The monoisotopic (exact) mass is 388 g/mol. The molecule has 1 aromatic heterocycles. The standard InChI is InChI=1S/C18H14ClFN4O3/c1-8-7-27-18(26)24(8)13-3-9-4-14(22-6-12(9)15(19)16(13)20)23-17(25)11-2-10(11)5-21/h3-4,6,8,10-11H,2,7H2,1H3,(H,22,23,25)/t8-,10?,11?/m0/s1. The van der Waals surface area contributed by atoms with Crippen molar-refractivity contribution in [3.8, 4) is 6.07 Å². The second kappa shape index (κ2) is 6.35. The lowest BCUT2D eigenvalue weighted by Crippen LogP contribution is -2.31. The summed E-state index contributed by atoms with van der Waals surface area (Å²) in [5.74, 6) is -1.34. The number of hydrogen-bond acceptors (Lipinski definition) is 5. The predicted molar refractivity (Wildman–Crippen MR) is 95.8 cm³/mol. The number of nitriles is 1. The number of rotatable bonds is 3. The number of amides is 2. The van der Waals surface area contributed by atoms with Gasteiger partial charge in [-0.25, -0.2) is 14.2 Å². The topological polar surface area (TPSA) is 95.3 Å². The van der Waals surface area contributed by atoms with E-state index in [1.165, 1.54) is 17.2 Å². The average Bonchev–Trinajstić information content (AvgIpc) is 3.37. The molecule has 9 heteroatoms. The van der Waals surface area contributed by atoms with Crippen molar-refractivity contribution in [2.45, 2.75) is 19.4 Å². The van der Waals surface area contributed by atoms with Crippen LogP contribution in [0.15, 0.2) is 18.3 Å². The number of halogens is 2. The lowest BCUT2D eigenvalue weighted by molar-refractivity contribution is -0.117. The van der Waals surface area contributed by atoms with Crippen molar-refractivity contribution >= 4 is 45.9 Å². The number of aromatic nitrogens is 1. The summed E-state index contributed by atoms with van der Waals surface area (Å²) >= 11 is 6.14. The SMILES string of the molecule is C[C@H]1COC(=O)N1c1cc2cc(NC(=O)C3CC3C#N)ncc2c(Cl)c1F. The number of anilines is 2. The summed E-state index contributed by atoms with van der Waals surface area (Å²) in [6, 6.07) is 4.75. The lowest BCUT2D eigenvalue weighted by atomic mass is 10.1. The van der Waals surface area contributed by atoms with E-state index in [4.69, 9.17) is 21.6 Å². The van der Waals surface area contributed by atoms with Crippen LogP contribution >= 0.6 is 11.6 Å². The Kier molecular flexibility index (Phi) is 4.12. The zero-order valence-corrected chi connectivity index (χ0v) is 15.0. The Bertz CT molecular complexity index is 1020. The van der Waals surface area contributed by atoms with Gasteiger partial charge in [-0.1, -0.05) is 11.6 Å². The molecule has 0 radical (unpaired) electrons. The summed E-state index contributed by atoms with van der Waals surface area (Å²) in [7, 11) is 0. The molecule has 0 spiro atoms. The first-order valence-electron chi connectivity index (χ1n) is 8.35. The summed E-state index contributed by atoms with van der Waals surface area (Å²) in [6.07, 6.45) is 1.25. The number of carbonyl (C=O) groups excluding carboxylic acids is 2. The molecule has 2 aromatic rings. The highest BCUT2D eigenvalue weighted by Crippen LogP contribution is 2.39. The van der Waals surface area contributed by atoms with Gasteiger partial charge in [-0.2, -0.15) is 5.26 Å². The molecule has 4 rings (SSSR count). The number of nitrogens with zero attached hydrogens (tertiary/aromatic N) is 3.